The highest BCUT2D eigenvalue weighted by atomic mass is 16.3. The molecule has 6 fully saturated rings. The molecule has 6 rings (SSSR count). The molecule has 0 aromatic carbocycles. The van der Waals surface area contributed by atoms with E-state index in [1.807, 2.05) is 0 Å². The molecule has 0 radical (unpaired) electrons. The Labute approximate surface area is 188 Å². The number of aliphatic hydroxyl groups excluding tert-OH is 2. The van der Waals surface area contributed by atoms with E-state index in [1.165, 1.54) is 32.4 Å². The number of rotatable bonds is 0. The van der Waals surface area contributed by atoms with Crippen molar-refractivity contribution in [1.82, 2.24) is 4.90 Å². The quantitative estimate of drug-likeness (QED) is 0.547. The highest BCUT2D eigenvalue weighted by Gasteiger charge is 2.67. The zero-order chi connectivity index (χ0) is 21.7. The van der Waals surface area contributed by atoms with E-state index in [2.05, 4.69) is 25.7 Å². The van der Waals surface area contributed by atoms with Crippen LogP contribution in [0.3, 0.4) is 0 Å². The van der Waals surface area contributed by atoms with E-state index in [1.54, 1.807) is 0 Å². The van der Waals surface area contributed by atoms with Gasteiger partial charge >= 0.3 is 0 Å². The summed E-state index contributed by atoms with van der Waals surface area (Å²) in [5.74, 6) is 4.30. The first kappa shape index (κ1) is 21.4. The summed E-state index contributed by atoms with van der Waals surface area (Å²) in [5.41, 5.74) is -0.503. The molecule has 7 unspecified atom stereocenters. The number of piperidine rings is 2. The molecule has 4 saturated carbocycles. The van der Waals surface area contributed by atoms with Crippen LogP contribution in [0.15, 0.2) is 0 Å². The third kappa shape index (κ3) is 2.93. The molecule has 2 heterocycles. The Balaban J connectivity index is 1.32. The summed E-state index contributed by atoms with van der Waals surface area (Å²) in [7, 11) is 0. The first-order valence-electron chi connectivity index (χ1n) is 13.5. The maximum absolute atomic E-state index is 12.3. The Morgan fingerprint density at radius 3 is 2.39 bits per heavy atom. The molecule has 176 valence electrons. The number of hydrogen-bond donors (Lipinski definition) is 3. The lowest BCUT2D eigenvalue weighted by Gasteiger charge is -2.59. The summed E-state index contributed by atoms with van der Waals surface area (Å²) in [6.45, 7) is 9.76. The van der Waals surface area contributed by atoms with Gasteiger partial charge in [0.2, 0.25) is 0 Å². The number of aliphatic hydroxyl groups is 3. The van der Waals surface area contributed by atoms with Crippen LogP contribution < -0.4 is 0 Å². The van der Waals surface area contributed by atoms with Crippen molar-refractivity contribution in [2.24, 2.45) is 52.8 Å². The maximum Gasteiger partial charge on any atom is 0.0711 e. The number of hydrogen-bond acceptors (Lipinski definition) is 4. The molecule has 4 heteroatoms. The summed E-state index contributed by atoms with van der Waals surface area (Å²) >= 11 is 0. The van der Waals surface area contributed by atoms with Crippen molar-refractivity contribution in [2.75, 3.05) is 13.1 Å². The zero-order valence-electron chi connectivity index (χ0n) is 19.9. The highest BCUT2D eigenvalue weighted by molar-refractivity contribution is 5.17. The van der Waals surface area contributed by atoms with Gasteiger partial charge in [-0.25, -0.2) is 0 Å². The molecule has 31 heavy (non-hydrogen) atoms. The van der Waals surface area contributed by atoms with E-state index in [0.717, 1.165) is 62.3 Å². The molecule has 4 aliphatic carbocycles. The van der Waals surface area contributed by atoms with Crippen molar-refractivity contribution in [2.45, 2.75) is 102 Å². The molecule has 2 aliphatic heterocycles. The highest BCUT2D eigenvalue weighted by Crippen LogP contribution is 2.68. The number of fused-ring (bicyclic) bond motifs is 8. The van der Waals surface area contributed by atoms with Gasteiger partial charge in [-0.1, -0.05) is 20.8 Å². The standard InChI is InChI=1S/C27H45NO3/c1-15-4-5-24-16(2)18-7-9-27(31)20(19(18)14-28(24)13-15)11-21-22(27)12-25(30)23-10-17(29)6-8-26(21,23)3/h15-25,29-31H,4-14H2,1-3H3/t15-,16-,17?,18?,19-,20?,21?,22-,23?,24?,25-,26-,27?/m1/s1. The Hall–Kier alpha value is -0.160. The van der Waals surface area contributed by atoms with Gasteiger partial charge in [-0.15, -0.1) is 0 Å². The Kier molecular flexibility index (Phi) is 4.94. The summed E-state index contributed by atoms with van der Waals surface area (Å²) < 4.78 is 0. The van der Waals surface area contributed by atoms with E-state index in [4.69, 9.17) is 0 Å². The van der Waals surface area contributed by atoms with Crippen molar-refractivity contribution in [3.8, 4) is 0 Å². The number of nitrogens with zero attached hydrogens (tertiary/aromatic N) is 1. The van der Waals surface area contributed by atoms with Crippen molar-refractivity contribution in [1.29, 1.82) is 0 Å². The fourth-order valence-electron chi connectivity index (χ4n) is 10.6. The second-order valence-corrected chi connectivity index (χ2v) is 13.3. The third-order valence-electron chi connectivity index (χ3n) is 12.1. The Bertz CT molecular complexity index is 713. The summed E-state index contributed by atoms with van der Waals surface area (Å²) in [5, 5.41) is 33.8. The molecule has 4 nitrogen and oxygen atoms in total. The lowest BCUT2D eigenvalue weighted by molar-refractivity contribution is -0.176. The van der Waals surface area contributed by atoms with Crippen LogP contribution in [0.25, 0.3) is 0 Å². The fourth-order valence-corrected chi connectivity index (χ4v) is 10.6. The van der Waals surface area contributed by atoms with E-state index in [9.17, 15) is 15.3 Å². The Morgan fingerprint density at radius 2 is 1.58 bits per heavy atom. The lowest BCUT2D eigenvalue weighted by atomic mass is 9.50. The van der Waals surface area contributed by atoms with Crippen LogP contribution in [0.4, 0.5) is 0 Å². The largest absolute Gasteiger partial charge is 0.393 e. The van der Waals surface area contributed by atoms with Gasteiger partial charge in [-0.05, 0) is 111 Å². The average Bonchev–Trinajstić information content (AvgIpc) is 3.03. The molecular weight excluding hydrogens is 386 g/mol. The topological polar surface area (TPSA) is 63.9 Å². The second kappa shape index (κ2) is 7.17. The predicted molar refractivity (Wildman–Crippen MR) is 121 cm³/mol. The van der Waals surface area contributed by atoms with E-state index in [-0.39, 0.29) is 29.5 Å². The van der Waals surface area contributed by atoms with Gasteiger partial charge in [-0.3, -0.25) is 4.90 Å². The Morgan fingerprint density at radius 1 is 0.774 bits per heavy atom. The monoisotopic (exact) mass is 431 g/mol. The van der Waals surface area contributed by atoms with Crippen LogP contribution in [0.5, 0.6) is 0 Å². The van der Waals surface area contributed by atoms with Crippen molar-refractivity contribution < 1.29 is 15.3 Å². The van der Waals surface area contributed by atoms with Gasteiger partial charge in [0.1, 0.15) is 0 Å². The van der Waals surface area contributed by atoms with Gasteiger partial charge in [0, 0.05) is 19.1 Å². The minimum absolute atomic E-state index is 0.0760. The molecule has 0 aromatic heterocycles. The molecule has 0 amide bonds. The first-order valence-corrected chi connectivity index (χ1v) is 13.5. The van der Waals surface area contributed by atoms with Crippen LogP contribution in [-0.4, -0.2) is 57.2 Å². The van der Waals surface area contributed by atoms with Gasteiger partial charge in [-0.2, -0.15) is 0 Å². The van der Waals surface area contributed by atoms with Crippen molar-refractivity contribution >= 4 is 0 Å². The minimum Gasteiger partial charge on any atom is -0.393 e. The summed E-state index contributed by atoms with van der Waals surface area (Å²) in [6, 6.07) is 0.760. The smallest absolute Gasteiger partial charge is 0.0711 e. The molecule has 0 bridgehead atoms. The predicted octanol–water partition coefficient (Wildman–Crippen LogP) is 3.68. The molecule has 6 aliphatic rings. The van der Waals surface area contributed by atoms with Crippen LogP contribution in [0.1, 0.15) is 78.6 Å². The van der Waals surface area contributed by atoms with Gasteiger partial charge < -0.3 is 15.3 Å². The molecule has 0 spiro atoms. The van der Waals surface area contributed by atoms with Crippen molar-refractivity contribution in [3.05, 3.63) is 0 Å². The minimum atomic E-state index is -0.579. The average molecular weight is 432 g/mol. The fraction of sp³-hybridized carbons (Fsp3) is 1.00. The second-order valence-electron chi connectivity index (χ2n) is 13.3. The van der Waals surface area contributed by atoms with E-state index in [0.29, 0.717) is 17.8 Å². The lowest BCUT2D eigenvalue weighted by Crippen LogP contribution is -2.62. The third-order valence-corrected chi connectivity index (χ3v) is 12.1. The molecular formula is C27H45NO3. The van der Waals surface area contributed by atoms with E-state index >= 15 is 0 Å². The molecule has 13 atom stereocenters. The maximum atomic E-state index is 12.3. The van der Waals surface area contributed by atoms with Gasteiger partial charge in [0.15, 0.2) is 0 Å². The molecule has 3 N–H and O–H groups in total. The normalized spacial score (nSPS) is 61.5. The summed E-state index contributed by atoms with van der Waals surface area (Å²) in [4.78, 5) is 2.81. The van der Waals surface area contributed by atoms with Crippen LogP contribution in [0, 0.1) is 52.8 Å². The van der Waals surface area contributed by atoms with Crippen LogP contribution in [-0.2, 0) is 0 Å². The zero-order valence-corrected chi connectivity index (χ0v) is 19.9. The summed E-state index contributed by atoms with van der Waals surface area (Å²) in [6.07, 6.45) is 8.78. The van der Waals surface area contributed by atoms with Gasteiger partial charge in [0.25, 0.3) is 0 Å². The van der Waals surface area contributed by atoms with Crippen LogP contribution in [0.2, 0.25) is 0 Å². The van der Waals surface area contributed by atoms with E-state index < -0.39 is 5.60 Å². The molecule has 2 saturated heterocycles. The van der Waals surface area contributed by atoms with Gasteiger partial charge in [0.05, 0.1) is 17.8 Å². The van der Waals surface area contributed by atoms with Crippen molar-refractivity contribution in [3.63, 3.8) is 0 Å². The molecule has 0 aromatic rings. The van der Waals surface area contributed by atoms with Crippen LogP contribution >= 0.6 is 0 Å². The first-order chi connectivity index (χ1) is 14.7. The SMILES string of the molecule is C[C@@H]1CCC2[C@H](C)C3CCC4(O)C(CC5[C@H]4C[C@@H](O)C4CC(O)CC[C@@]45C)[C@@H]3CN2C1.